The molecule has 2 nitrogen and oxygen atoms in total. The molecular weight excluding hydrogens is 244 g/mol. The Morgan fingerprint density at radius 1 is 0.800 bits per heavy atom. The minimum absolute atomic E-state index is 2.63. The second kappa shape index (κ2) is 2.89. The van der Waals surface area contributed by atoms with Crippen LogP contribution in [-0.4, -0.2) is 18.1 Å². The molecule has 10 heteroatoms. The predicted octanol–water partition coefficient (Wildman–Crippen LogP) is 2.92. The van der Waals surface area contributed by atoms with Gasteiger partial charge < -0.3 is 9.47 Å². The van der Waals surface area contributed by atoms with Crippen molar-refractivity contribution in [3.63, 3.8) is 0 Å². The van der Waals surface area contributed by atoms with E-state index in [1.54, 1.807) is 0 Å². The van der Waals surface area contributed by atoms with Gasteiger partial charge in [-0.25, -0.2) is 0 Å². The van der Waals surface area contributed by atoms with Crippen LogP contribution in [0, 0.1) is 0 Å². The molecule has 1 aliphatic heterocycles. The van der Waals surface area contributed by atoms with Crippen molar-refractivity contribution in [3.8, 4) is 0 Å². The topological polar surface area (TPSA) is 18.5 Å². The maximum Gasteiger partial charge on any atom is 0.477 e. The number of hydrogen-bond donors (Lipinski definition) is 0. The summed E-state index contributed by atoms with van der Waals surface area (Å²) in [4.78, 5) is 0. The van der Waals surface area contributed by atoms with Gasteiger partial charge in [-0.1, -0.05) is 0 Å². The molecule has 1 fully saturated rings. The molecule has 0 unspecified atom stereocenters. The SMILES string of the molecule is FC(F)=C1OC(F)(F)C(F)(F)C(F)(F)O1. The molecule has 0 bridgehead atoms. The second-order valence-corrected chi connectivity index (χ2v) is 2.36. The van der Waals surface area contributed by atoms with Gasteiger partial charge in [-0.05, 0) is 0 Å². The second-order valence-electron chi connectivity index (χ2n) is 2.36. The molecular formula is C5F8O2. The fraction of sp³-hybridized carbons (Fsp3) is 0.600. The molecule has 0 N–H and O–H groups in total. The van der Waals surface area contributed by atoms with Crippen LogP contribution in [0.5, 0.6) is 0 Å². The van der Waals surface area contributed by atoms with Crippen LogP contribution in [0.15, 0.2) is 12.0 Å². The van der Waals surface area contributed by atoms with E-state index in [0.29, 0.717) is 0 Å². The fourth-order valence-electron chi connectivity index (χ4n) is 0.628. The molecule has 88 valence electrons. The number of alkyl halides is 6. The summed E-state index contributed by atoms with van der Waals surface area (Å²) in [6.07, 6.45) is -14.8. The number of halogens is 8. The van der Waals surface area contributed by atoms with Gasteiger partial charge in [0.05, 0.1) is 0 Å². The Labute approximate surface area is 76.1 Å². The van der Waals surface area contributed by atoms with Gasteiger partial charge in [-0.15, -0.1) is 0 Å². The molecule has 0 radical (unpaired) electrons. The molecule has 1 heterocycles. The molecule has 0 aromatic carbocycles. The molecule has 1 saturated heterocycles. The van der Waals surface area contributed by atoms with Crippen molar-refractivity contribution >= 4 is 0 Å². The number of rotatable bonds is 0. The summed E-state index contributed by atoms with van der Waals surface area (Å²) < 4.78 is 102. The average Bonchev–Trinajstić information content (AvgIpc) is 1.99. The highest BCUT2D eigenvalue weighted by Gasteiger charge is 2.80. The molecule has 0 aromatic heterocycles. The summed E-state index contributed by atoms with van der Waals surface area (Å²) in [5, 5.41) is 0. The van der Waals surface area contributed by atoms with Gasteiger partial charge in [0.2, 0.25) is 0 Å². The van der Waals surface area contributed by atoms with Crippen LogP contribution in [0.25, 0.3) is 0 Å². The molecule has 0 atom stereocenters. The standard InChI is InChI=1S/C5F8O2/c6-1(7)2-14-4(10,11)3(8,9)5(12,13)15-2. The van der Waals surface area contributed by atoms with Crippen LogP contribution in [0.1, 0.15) is 0 Å². The molecule has 1 rings (SSSR count). The summed E-state index contributed by atoms with van der Waals surface area (Å²) in [6, 6.07) is 0. The monoisotopic (exact) mass is 244 g/mol. The minimum atomic E-state index is -6.04. The van der Waals surface area contributed by atoms with Gasteiger partial charge in [0, 0.05) is 0 Å². The van der Waals surface area contributed by atoms with Crippen LogP contribution in [0.3, 0.4) is 0 Å². The third kappa shape index (κ3) is 1.57. The van der Waals surface area contributed by atoms with Crippen molar-refractivity contribution in [1.82, 2.24) is 0 Å². The molecule has 1 aliphatic rings. The maximum absolute atomic E-state index is 12.2. The molecule has 0 saturated carbocycles. The summed E-state index contributed by atoms with van der Waals surface area (Å²) in [6.45, 7) is 0. The highest BCUT2D eigenvalue weighted by molar-refractivity contribution is 4.98. The molecule has 0 aromatic rings. The first-order valence-corrected chi connectivity index (χ1v) is 3.08. The van der Waals surface area contributed by atoms with E-state index in [1.807, 2.05) is 0 Å². The normalized spacial score (nSPS) is 26.5. The lowest BCUT2D eigenvalue weighted by atomic mass is 10.2. The van der Waals surface area contributed by atoms with Crippen LogP contribution < -0.4 is 0 Å². The Bertz CT molecular complexity index is 282. The van der Waals surface area contributed by atoms with Crippen molar-refractivity contribution < 1.29 is 44.6 Å². The lowest BCUT2D eigenvalue weighted by molar-refractivity contribution is -0.488. The Hall–Kier alpha value is -1.22. The Balaban J connectivity index is 3.20. The zero-order valence-corrected chi connectivity index (χ0v) is 6.34. The van der Waals surface area contributed by atoms with Crippen LogP contribution in [0.4, 0.5) is 35.1 Å². The van der Waals surface area contributed by atoms with E-state index in [9.17, 15) is 35.1 Å². The quantitative estimate of drug-likeness (QED) is 0.610. The fourth-order valence-corrected chi connectivity index (χ4v) is 0.628. The van der Waals surface area contributed by atoms with Crippen molar-refractivity contribution in [2.75, 3.05) is 0 Å². The Kier molecular flexibility index (Phi) is 2.28. The minimum Gasteiger partial charge on any atom is -0.391 e. The van der Waals surface area contributed by atoms with Crippen LogP contribution in [-0.2, 0) is 9.47 Å². The summed E-state index contributed by atoms with van der Waals surface area (Å²) in [7, 11) is 0. The number of ether oxygens (including phenoxy) is 2. The first-order valence-electron chi connectivity index (χ1n) is 3.08. The third-order valence-corrected chi connectivity index (χ3v) is 1.33. The van der Waals surface area contributed by atoms with Gasteiger partial charge in [0.1, 0.15) is 0 Å². The van der Waals surface area contributed by atoms with Gasteiger partial charge >= 0.3 is 30.2 Å². The first-order chi connectivity index (χ1) is 6.51. The van der Waals surface area contributed by atoms with E-state index in [0.717, 1.165) is 0 Å². The van der Waals surface area contributed by atoms with E-state index in [4.69, 9.17) is 0 Å². The highest BCUT2D eigenvalue weighted by Crippen LogP contribution is 2.52. The van der Waals surface area contributed by atoms with Crippen molar-refractivity contribution in [2.24, 2.45) is 0 Å². The predicted molar refractivity (Wildman–Crippen MR) is 26.3 cm³/mol. The smallest absolute Gasteiger partial charge is 0.391 e. The van der Waals surface area contributed by atoms with E-state index < -0.39 is 30.2 Å². The zero-order chi connectivity index (χ0) is 12.1. The molecule has 0 aliphatic carbocycles. The molecule has 15 heavy (non-hydrogen) atoms. The lowest BCUT2D eigenvalue weighted by Gasteiger charge is -2.36. The van der Waals surface area contributed by atoms with Crippen molar-refractivity contribution in [3.05, 3.63) is 12.0 Å². The average molecular weight is 244 g/mol. The van der Waals surface area contributed by atoms with Crippen molar-refractivity contribution in [1.29, 1.82) is 0 Å². The van der Waals surface area contributed by atoms with Gasteiger partial charge in [-0.3, -0.25) is 0 Å². The third-order valence-electron chi connectivity index (χ3n) is 1.33. The Morgan fingerprint density at radius 3 is 1.40 bits per heavy atom. The summed E-state index contributed by atoms with van der Waals surface area (Å²) in [5.74, 6) is -8.67. The van der Waals surface area contributed by atoms with E-state index >= 15 is 0 Å². The van der Waals surface area contributed by atoms with Crippen LogP contribution in [0.2, 0.25) is 0 Å². The maximum atomic E-state index is 12.2. The van der Waals surface area contributed by atoms with Gasteiger partial charge in [0.25, 0.3) is 0 Å². The largest absolute Gasteiger partial charge is 0.477 e. The molecule has 0 spiro atoms. The van der Waals surface area contributed by atoms with Crippen molar-refractivity contribution in [2.45, 2.75) is 18.1 Å². The van der Waals surface area contributed by atoms with E-state index in [2.05, 4.69) is 9.47 Å². The highest BCUT2D eigenvalue weighted by atomic mass is 19.4. The number of hydrogen-bond acceptors (Lipinski definition) is 2. The Morgan fingerprint density at radius 2 is 1.13 bits per heavy atom. The van der Waals surface area contributed by atoms with Gasteiger partial charge in [-0.2, -0.15) is 35.1 Å². The van der Waals surface area contributed by atoms with E-state index in [-0.39, 0.29) is 0 Å². The summed E-state index contributed by atoms with van der Waals surface area (Å²) in [5.41, 5.74) is 0. The molecule has 0 amide bonds. The van der Waals surface area contributed by atoms with Gasteiger partial charge in [0.15, 0.2) is 0 Å². The van der Waals surface area contributed by atoms with Crippen LogP contribution >= 0.6 is 0 Å². The first kappa shape index (κ1) is 11.9. The van der Waals surface area contributed by atoms with E-state index in [1.165, 1.54) is 0 Å². The zero-order valence-electron chi connectivity index (χ0n) is 6.34. The summed E-state index contributed by atoms with van der Waals surface area (Å²) >= 11 is 0. The lowest BCUT2D eigenvalue weighted by Crippen LogP contribution is -2.60.